The second kappa shape index (κ2) is 7.09. The maximum Gasteiger partial charge on any atom is 0.238 e. The summed E-state index contributed by atoms with van der Waals surface area (Å²) in [6.45, 7) is 7.42. The van der Waals surface area contributed by atoms with E-state index in [1.165, 1.54) is 13.3 Å². The highest BCUT2D eigenvalue weighted by Gasteiger charge is 2.56. The highest BCUT2D eigenvalue weighted by atomic mass is 32.2. The van der Waals surface area contributed by atoms with Crippen molar-refractivity contribution < 1.29 is 17.9 Å². The van der Waals surface area contributed by atoms with Gasteiger partial charge in [0.2, 0.25) is 5.91 Å². The predicted octanol–water partition coefficient (Wildman–Crippen LogP) is 2.44. The fourth-order valence-electron chi connectivity index (χ4n) is 4.11. The fraction of sp³-hybridized carbons (Fsp3) is 0.941. The van der Waals surface area contributed by atoms with Crippen LogP contribution in [-0.4, -0.2) is 43.6 Å². The van der Waals surface area contributed by atoms with Gasteiger partial charge in [-0.1, -0.05) is 19.3 Å². The SMILES string of the molecule is CCO[C@@H]1C[C@H](NC(=O)[C@H](C)S(=O)(=O)C(C)C)C12CCCCC2. The summed E-state index contributed by atoms with van der Waals surface area (Å²) in [5, 5.41) is 1.50. The van der Waals surface area contributed by atoms with Crippen molar-refractivity contribution in [1.29, 1.82) is 0 Å². The standard InChI is InChI=1S/C17H31NO4S/c1-5-22-15-11-14(17(15)9-7-6-8-10-17)18-16(19)13(4)23(20,21)12(2)3/h12-15H,5-11H2,1-4H3,(H,18,19)/t13-,14-,15+/m0/s1. The molecular weight excluding hydrogens is 314 g/mol. The summed E-state index contributed by atoms with van der Waals surface area (Å²) in [5.41, 5.74) is 0.0191. The Bertz CT molecular complexity index is 523. The minimum Gasteiger partial charge on any atom is -0.378 e. The molecule has 0 unspecified atom stereocenters. The van der Waals surface area contributed by atoms with E-state index in [-0.39, 0.29) is 23.5 Å². The average molecular weight is 346 g/mol. The molecule has 2 aliphatic carbocycles. The van der Waals surface area contributed by atoms with Crippen LogP contribution in [0.5, 0.6) is 0 Å². The van der Waals surface area contributed by atoms with Crippen LogP contribution in [0.2, 0.25) is 0 Å². The summed E-state index contributed by atoms with van der Waals surface area (Å²) in [6, 6.07) is 0.0525. The molecule has 2 rings (SSSR count). The van der Waals surface area contributed by atoms with Crippen LogP contribution >= 0.6 is 0 Å². The lowest BCUT2D eigenvalue weighted by Crippen LogP contribution is -2.66. The van der Waals surface area contributed by atoms with Crippen LogP contribution in [0.1, 0.15) is 66.2 Å². The minimum atomic E-state index is -3.42. The fourth-order valence-corrected chi connectivity index (χ4v) is 5.30. The molecule has 0 aliphatic heterocycles. The van der Waals surface area contributed by atoms with Crippen molar-refractivity contribution in [3.8, 4) is 0 Å². The third-order valence-corrected chi connectivity index (χ3v) is 8.29. The second-order valence-corrected chi connectivity index (χ2v) is 10.1. The van der Waals surface area contributed by atoms with Crippen LogP contribution in [0.3, 0.4) is 0 Å². The Balaban J connectivity index is 2.06. The molecule has 2 saturated carbocycles. The van der Waals surface area contributed by atoms with Crippen molar-refractivity contribution in [2.45, 2.75) is 88.9 Å². The van der Waals surface area contributed by atoms with Crippen molar-refractivity contribution >= 4 is 15.7 Å². The van der Waals surface area contributed by atoms with Crippen LogP contribution in [0.15, 0.2) is 0 Å². The Kier molecular flexibility index (Phi) is 5.77. The Morgan fingerprint density at radius 3 is 2.35 bits per heavy atom. The Hall–Kier alpha value is -0.620. The Labute approximate surface area is 140 Å². The molecule has 0 aromatic heterocycles. The van der Waals surface area contributed by atoms with Crippen LogP contribution in [0.25, 0.3) is 0 Å². The second-order valence-electron chi connectivity index (χ2n) is 7.31. The van der Waals surface area contributed by atoms with Gasteiger partial charge >= 0.3 is 0 Å². The lowest BCUT2D eigenvalue weighted by Gasteiger charge is -2.57. The van der Waals surface area contributed by atoms with Gasteiger partial charge in [-0.2, -0.15) is 0 Å². The van der Waals surface area contributed by atoms with Crippen molar-refractivity contribution in [1.82, 2.24) is 5.32 Å². The molecule has 1 N–H and O–H groups in total. The number of hydrogen-bond donors (Lipinski definition) is 1. The molecule has 5 nitrogen and oxygen atoms in total. The zero-order valence-electron chi connectivity index (χ0n) is 14.8. The van der Waals surface area contributed by atoms with Gasteiger partial charge in [-0.05, 0) is 47.0 Å². The normalized spacial score (nSPS) is 28.4. The largest absolute Gasteiger partial charge is 0.378 e. The van der Waals surface area contributed by atoms with Gasteiger partial charge < -0.3 is 10.1 Å². The molecule has 23 heavy (non-hydrogen) atoms. The molecule has 0 radical (unpaired) electrons. The van der Waals surface area contributed by atoms with Gasteiger partial charge in [0.05, 0.1) is 11.4 Å². The van der Waals surface area contributed by atoms with Crippen LogP contribution in [-0.2, 0) is 19.4 Å². The number of amides is 1. The molecule has 2 aliphatic rings. The molecule has 134 valence electrons. The van der Waals surface area contributed by atoms with Crippen LogP contribution in [0, 0.1) is 5.41 Å². The van der Waals surface area contributed by atoms with E-state index in [0.717, 1.165) is 32.1 Å². The number of carbonyl (C=O) groups is 1. The third kappa shape index (κ3) is 3.43. The van der Waals surface area contributed by atoms with Gasteiger partial charge in [-0.3, -0.25) is 4.79 Å². The Morgan fingerprint density at radius 2 is 1.83 bits per heavy atom. The molecule has 1 amide bonds. The van der Waals surface area contributed by atoms with Gasteiger partial charge in [0.1, 0.15) is 5.25 Å². The van der Waals surface area contributed by atoms with Crippen molar-refractivity contribution in [2.24, 2.45) is 5.41 Å². The van der Waals surface area contributed by atoms with Gasteiger partial charge in [0, 0.05) is 18.1 Å². The molecule has 6 heteroatoms. The van der Waals surface area contributed by atoms with E-state index >= 15 is 0 Å². The number of sulfone groups is 1. The van der Waals surface area contributed by atoms with E-state index < -0.39 is 20.3 Å². The molecule has 0 heterocycles. The first kappa shape index (κ1) is 18.7. The third-order valence-electron chi connectivity index (χ3n) is 5.77. The van der Waals surface area contributed by atoms with E-state index in [1.54, 1.807) is 13.8 Å². The molecule has 2 fully saturated rings. The first-order valence-corrected chi connectivity index (χ1v) is 10.5. The maximum atomic E-state index is 12.5. The lowest BCUT2D eigenvalue weighted by atomic mass is 9.55. The van der Waals surface area contributed by atoms with Gasteiger partial charge in [0.15, 0.2) is 9.84 Å². The zero-order chi connectivity index (χ0) is 17.3. The molecule has 0 bridgehead atoms. The summed E-state index contributed by atoms with van der Waals surface area (Å²) in [7, 11) is -3.42. The highest BCUT2D eigenvalue weighted by molar-refractivity contribution is 7.93. The Morgan fingerprint density at radius 1 is 1.22 bits per heavy atom. The number of nitrogens with one attached hydrogen (secondary N) is 1. The number of carbonyl (C=O) groups excluding carboxylic acids is 1. The van der Waals surface area contributed by atoms with Gasteiger partial charge in [-0.15, -0.1) is 0 Å². The summed E-state index contributed by atoms with van der Waals surface area (Å²) in [4.78, 5) is 12.5. The van der Waals surface area contributed by atoms with Crippen LogP contribution < -0.4 is 5.32 Å². The molecular formula is C17H31NO4S. The summed E-state index contributed by atoms with van der Waals surface area (Å²) < 4.78 is 30.3. The van der Waals surface area contributed by atoms with E-state index in [2.05, 4.69) is 5.32 Å². The van der Waals surface area contributed by atoms with E-state index in [1.807, 2.05) is 6.92 Å². The first-order chi connectivity index (χ1) is 10.8. The van der Waals surface area contributed by atoms with Gasteiger partial charge in [0.25, 0.3) is 0 Å². The summed E-state index contributed by atoms with van der Waals surface area (Å²) in [6.07, 6.45) is 6.69. The molecule has 0 saturated heterocycles. The molecule has 0 aromatic carbocycles. The summed E-state index contributed by atoms with van der Waals surface area (Å²) >= 11 is 0. The average Bonchev–Trinajstić information content (AvgIpc) is 2.53. The molecule has 3 atom stereocenters. The quantitative estimate of drug-likeness (QED) is 0.802. The first-order valence-electron chi connectivity index (χ1n) is 8.90. The number of ether oxygens (including phenoxy) is 1. The predicted molar refractivity (Wildman–Crippen MR) is 91.0 cm³/mol. The van der Waals surface area contributed by atoms with E-state index in [0.29, 0.717) is 6.61 Å². The number of hydrogen-bond acceptors (Lipinski definition) is 4. The molecule has 1 spiro atoms. The van der Waals surface area contributed by atoms with Crippen molar-refractivity contribution in [2.75, 3.05) is 6.61 Å². The minimum absolute atomic E-state index is 0.0191. The van der Waals surface area contributed by atoms with Crippen LogP contribution in [0.4, 0.5) is 0 Å². The smallest absolute Gasteiger partial charge is 0.238 e. The lowest BCUT2D eigenvalue weighted by molar-refractivity contribution is -0.156. The summed E-state index contributed by atoms with van der Waals surface area (Å²) in [5.74, 6) is -0.358. The van der Waals surface area contributed by atoms with Gasteiger partial charge in [-0.25, -0.2) is 8.42 Å². The maximum absolute atomic E-state index is 12.5. The topological polar surface area (TPSA) is 72.5 Å². The van der Waals surface area contributed by atoms with Crippen molar-refractivity contribution in [3.63, 3.8) is 0 Å². The monoisotopic (exact) mass is 345 g/mol. The molecule has 0 aromatic rings. The number of rotatable bonds is 6. The van der Waals surface area contributed by atoms with E-state index in [9.17, 15) is 13.2 Å². The highest BCUT2D eigenvalue weighted by Crippen LogP contribution is 2.53. The van der Waals surface area contributed by atoms with E-state index in [4.69, 9.17) is 4.74 Å². The zero-order valence-corrected chi connectivity index (χ0v) is 15.6. The van der Waals surface area contributed by atoms with Crippen molar-refractivity contribution in [3.05, 3.63) is 0 Å².